The predicted octanol–water partition coefficient (Wildman–Crippen LogP) is 2.43. The summed E-state index contributed by atoms with van der Waals surface area (Å²) in [4.78, 5) is 11.1. The zero-order chi connectivity index (χ0) is 19.4. The molecule has 0 fully saturated rings. The quantitative estimate of drug-likeness (QED) is 0.712. The number of aromatic carboxylic acids is 1. The number of hydrogen-bond donors (Lipinski definition) is 1. The van der Waals surface area contributed by atoms with Gasteiger partial charge in [0.1, 0.15) is 0 Å². The lowest BCUT2D eigenvalue weighted by Crippen LogP contribution is -2.30. The number of carbonyl (C=O) groups is 1. The highest BCUT2D eigenvalue weighted by Crippen LogP contribution is 2.25. The Balaban J connectivity index is 2.03. The first-order valence-corrected chi connectivity index (χ1v) is 9.81. The number of sulfonamides is 1. The molecule has 0 radical (unpaired) electrons. The topological polar surface area (TPSA) is 86.3 Å². The molecule has 138 valence electrons. The van der Waals surface area contributed by atoms with Gasteiger partial charge in [0, 0.05) is 5.56 Å². The van der Waals surface area contributed by atoms with Crippen molar-refractivity contribution in [2.45, 2.75) is 17.9 Å². The average molecular weight is 380 g/mol. The van der Waals surface area contributed by atoms with Gasteiger partial charge >= 0.3 is 0 Å². The van der Waals surface area contributed by atoms with Gasteiger partial charge in [0.15, 0.2) is 0 Å². The van der Waals surface area contributed by atoms with Crippen LogP contribution in [-0.2, 0) is 10.0 Å². The maximum Gasteiger partial charge on any atom is 0.241 e. The fourth-order valence-electron chi connectivity index (χ4n) is 2.83. The van der Waals surface area contributed by atoms with Crippen molar-refractivity contribution in [3.05, 3.63) is 101 Å². The summed E-state index contributed by atoms with van der Waals surface area (Å²) >= 11 is 0. The molecule has 0 aliphatic carbocycles. The van der Waals surface area contributed by atoms with Crippen molar-refractivity contribution in [2.75, 3.05) is 0 Å². The van der Waals surface area contributed by atoms with Crippen LogP contribution < -0.4 is 9.83 Å². The molecule has 0 spiro atoms. The molecule has 27 heavy (non-hydrogen) atoms. The summed E-state index contributed by atoms with van der Waals surface area (Å²) in [6, 6.07) is 21.7. The highest BCUT2D eigenvalue weighted by Gasteiger charge is 2.23. The number of rotatable bonds is 6. The lowest BCUT2D eigenvalue weighted by molar-refractivity contribution is -0.255. The molecule has 0 heterocycles. The Kier molecular flexibility index (Phi) is 5.39. The van der Waals surface area contributed by atoms with Gasteiger partial charge in [-0.3, -0.25) is 0 Å². The molecule has 0 bridgehead atoms. The zero-order valence-corrected chi connectivity index (χ0v) is 15.4. The van der Waals surface area contributed by atoms with Gasteiger partial charge in [-0.25, -0.2) is 8.42 Å². The van der Waals surface area contributed by atoms with Crippen LogP contribution in [0.4, 0.5) is 0 Å². The molecule has 1 N–H and O–H groups in total. The molecule has 0 amide bonds. The van der Waals surface area contributed by atoms with Crippen molar-refractivity contribution in [2.24, 2.45) is 0 Å². The molecular weight excluding hydrogens is 362 g/mol. The Morgan fingerprint density at radius 3 is 1.89 bits per heavy atom. The highest BCUT2D eigenvalue weighted by atomic mass is 32.2. The smallest absolute Gasteiger partial charge is 0.241 e. The van der Waals surface area contributed by atoms with E-state index in [0.29, 0.717) is 5.56 Å². The minimum absolute atomic E-state index is 0.121. The SMILES string of the molecule is Cc1ccc(S(=O)(=O)NC(c2ccccc2)c2ccccc2)cc1C(=O)[O-]. The molecule has 5 nitrogen and oxygen atoms in total. The third-order valence-electron chi connectivity index (χ3n) is 4.28. The van der Waals surface area contributed by atoms with Gasteiger partial charge in [-0.05, 0) is 35.7 Å². The van der Waals surface area contributed by atoms with Crippen LogP contribution in [-0.4, -0.2) is 14.4 Å². The van der Waals surface area contributed by atoms with Crippen molar-refractivity contribution < 1.29 is 18.3 Å². The number of aryl methyl sites for hydroxylation is 1. The summed E-state index contributed by atoms with van der Waals surface area (Å²) in [6.07, 6.45) is 0. The van der Waals surface area contributed by atoms with E-state index in [1.54, 1.807) is 6.92 Å². The van der Waals surface area contributed by atoms with Crippen molar-refractivity contribution in [3.8, 4) is 0 Å². The predicted molar refractivity (Wildman–Crippen MR) is 101 cm³/mol. The summed E-state index contributed by atoms with van der Waals surface area (Å²) < 4.78 is 28.6. The van der Waals surface area contributed by atoms with Crippen LogP contribution >= 0.6 is 0 Å². The van der Waals surface area contributed by atoms with Crippen LogP contribution in [0, 0.1) is 6.92 Å². The molecule has 6 heteroatoms. The van der Waals surface area contributed by atoms with Crippen molar-refractivity contribution in [3.63, 3.8) is 0 Å². The molecule has 0 saturated heterocycles. The minimum Gasteiger partial charge on any atom is -0.545 e. The zero-order valence-electron chi connectivity index (χ0n) is 14.6. The lowest BCUT2D eigenvalue weighted by atomic mass is 10.00. The Labute approximate surface area is 158 Å². The molecule has 0 aliphatic rings. The Hall–Kier alpha value is -2.96. The monoisotopic (exact) mass is 380 g/mol. The van der Waals surface area contributed by atoms with Gasteiger partial charge in [-0.2, -0.15) is 4.72 Å². The average Bonchev–Trinajstić information content (AvgIpc) is 2.67. The number of carboxylic acids is 1. The molecule has 0 aliphatic heterocycles. The first-order valence-electron chi connectivity index (χ1n) is 8.33. The second-order valence-electron chi connectivity index (χ2n) is 6.14. The standard InChI is InChI=1S/C21H19NO4S/c1-15-12-13-18(14-19(15)21(23)24)27(25,26)22-20(16-8-4-2-5-9-16)17-10-6-3-7-11-17/h2-14,20,22H,1H3,(H,23,24)/p-1. The van der Waals surface area contributed by atoms with E-state index in [4.69, 9.17) is 0 Å². The van der Waals surface area contributed by atoms with Crippen molar-refractivity contribution in [1.82, 2.24) is 4.72 Å². The highest BCUT2D eigenvalue weighted by molar-refractivity contribution is 7.89. The summed E-state index contributed by atoms with van der Waals surface area (Å²) in [7, 11) is -3.97. The maximum absolute atomic E-state index is 13.0. The summed E-state index contributed by atoms with van der Waals surface area (Å²) in [5.74, 6) is -1.41. The van der Waals surface area contributed by atoms with Crippen LogP contribution in [0.5, 0.6) is 0 Å². The van der Waals surface area contributed by atoms with Gasteiger partial charge < -0.3 is 9.90 Å². The van der Waals surface area contributed by atoms with Crippen molar-refractivity contribution in [1.29, 1.82) is 0 Å². The van der Waals surface area contributed by atoms with E-state index in [0.717, 1.165) is 17.2 Å². The first kappa shape index (κ1) is 18.8. The maximum atomic E-state index is 13.0. The Morgan fingerprint density at radius 2 is 1.41 bits per heavy atom. The molecule has 0 aromatic heterocycles. The third kappa shape index (κ3) is 4.24. The summed E-state index contributed by atoms with van der Waals surface area (Å²) in [5.41, 5.74) is 1.85. The number of nitrogens with one attached hydrogen (secondary N) is 1. The lowest BCUT2D eigenvalue weighted by Gasteiger charge is -2.20. The van der Waals surface area contributed by atoms with Gasteiger partial charge in [0.25, 0.3) is 0 Å². The van der Waals surface area contributed by atoms with E-state index >= 15 is 0 Å². The number of benzene rings is 3. The molecular formula is C21H18NO4S-. The third-order valence-corrected chi connectivity index (χ3v) is 5.70. The van der Waals surface area contributed by atoms with E-state index in [1.807, 2.05) is 60.7 Å². The molecule has 0 saturated carbocycles. The van der Waals surface area contributed by atoms with E-state index < -0.39 is 22.0 Å². The second kappa shape index (κ2) is 7.73. The van der Waals surface area contributed by atoms with E-state index in [-0.39, 0.29) is 10.5 Å². The van der Waals surface area contributed by atoms with Crippen LogP contribution in [0.2, 0.25) is 0 Å². The number of carboxylic acid groups (broad SMARTS) is 1. The number of hydrogen-bond acceptors (Lipinski definition) is 4. The van der Waals surface area contributed by atoms with Crippen LogP contribution in [0.1, 0.15) is 33.1 Å². The van der Waals surface area contributed by atoms with Crippen LogP contribution in [0.15, 0.2) is 83.8 Å². The Morgan fingerprint density at radius 1 is 0.889 bits per heavy atom. The molecule has 0 unspecified atom stereocenters. The van der Waals surface area contributed by atoms with Gasteiger partial charge in [0.05, 0.1) is 16.9 Å². The molecule has 3 aromatic rings. The summed E-state index contributed by atoms with van der Waals surface area (Å²) in [5, 5.41) is 11.2. The Bertz CT molecular complexity index is 1010. The van der Waals surface area contributed by atoms with E-state index in [9.17, 15) is 18.3 Å². The fraction of sp³-hybridized carbons (Fsp3) is 0.0952. The van der Waals surface area contributed by atoms with Crippen LogP contribution in [0.3, 0.4) is 0 Å². The van der Waals surface area contributed by atoms with Gasteiger partial charge in [-0.15, -0.1) is 0 Å². The number of carbonyl (C=O) groups excluding carboxylic acids is 1. The summed E-state index contributed by atoms with van der Waals surface area (Å²) in [6.45, 7) is 1.59. The first-order chi connectivity index (χ1) is 12.9. The van der Waals surface area contributed by atoms with Crippen LogP contribution in [0.25, 0.3) is 0 Å². The second-order valence-corrected chi connectivity index (χ2v) is 7.85. The molecule has 3 rings (SSSR count). The fourth-order valence-corrected chi connectivity index (χ4v) is 4.07. The normalized spacial score (nSPS) is 11.5. The van der Waals surface area contributed by atoms with Gasteiger partial charge in [0.2, 0.25) is 10.0 Å². The van der Waals surface area contributed by atoms with E-state index in [2.05, 4.69) is 4.72 Å². The van der Waals surface area contributed by atoms with E-state index in [1.165, 1.54) is 12.1 Å². The molecule has 0 atom stereocenters. The minimum atomic E-state index is -3.97. The molecule has 3 aromatic carbocycles. The largest absolute Gasteiger partial charge is 0.545 e. The van der Waals surface area contributed by atoms with Crippen molar-refractivity contribution >= 4 is 16.0 Å². The van der Waals surface area contributed by atoms with Gasteiger partial charge in [-0.1, -0.05) is 66.7 Å².